The summed E-state index contributed by atoms with van der Waals surface area (Å²) in [6.45, 7) is 2.32. The van der Waals surface area contributed by atoms with Crippen molar-refractivity contribution in [3.05, 3.63) is 48.2 Å². The summed E-state index contributed by atoms with van der Waals surface area (Å²) in [7, 11) is 1.57. The van der Waals surface area contributed by atoms with Gasteiger partial charge in [0, 0.05) is 29.4 Å². The van der Waals surface area contributed by atoms with Gasteiger partial charge in [0.1, 0.15) is 5.75 Å². The average molecular weight is 365 g/mol. The molecule has 1 fully saturated rings. The van der Waals surface area contributed by atoms with Crippen molar-refractivity contribution in [1.29, 1.82) is 0 Å². The van der Waals surface area contributed by atoms with Crippen molar-refractivity contribution in [2.75, 3.05) is 19.0 Å². The topological polar surface area (TPSA) is 65.4 Å². The van der Waals surface area contributed by atoms with Crippen molar-refractivity contribution in [2.45, 2.75) is 32.4 Å². The molecule has 1 aromatic heterocycles. The Hall–Kier alpha value is -2.86. The third kappa shape index (κ3) is 3.53. The van der Waals surface area contributed by atoms with Crippen LogP contribution in [0.4, 0.5) is 11.4 Å². The maximum Gasteiger partial charge on any atom is 0.163 e. The number of rotatable bonds is 5. The highest BCUT2D eigenvalue weighted by Crippen LogP contribution is 2.30. The summed E-state index contributed by atoms with van der Waals surface area (Å²) >= 11 is 0. The number of methoxy groups -OCH3 is 1. The average Bonchev–Trinajstić information content (AvgIpc) is 3.11. The molecule has 2 heterocycles. The Bertz CT molecular complexity index is 974. The van der Waals surface area contributed by atoms with Crippen LogP contribution in [0.2, 0.25) is 0 Å². The molecule has 3 aromatic rings. The minimum Gasteiger partial charge on any atom is -0.496 e. The highest BCUT2D eigenvalue weighted by molar-refractivity contribution is 5.97. The summed E-state index contributed by atoms with van der Waals surface area (Å²) in [5.74, 6) is 0.547. The van der Waals surface area contributed by atoms with Gasteiger partial charge >= 0.3 is 0 Å². The van der Waals surface area contributed by atoms with Crippen LogP contribution >= 0.6 is 0 Å². The predicted molar refractivity (Wildman–Crippen MR) is 105 cm³/mol. The van der Waals surface area contributed by atoms with E-state index >= 15 is 0 Å². The fourth-order valence-corrected chi connectivity index (χ4v) is 3.49. The van der Waals surface area contributed by atoms with Gasteiger partial charge in [0.25, 0.3) is 0 Å². The Balaban J connectivity index is 1.63. The van der Waals surface area contributed by atoms with Crippen LogP contribution in [0, 0.1) is 0 Å². The van der Waals surface area contributed by atoms with Gasteiger partial charge in [-0.2, -0.15) is 5.10 Å². The lowest BCUT2D eigenvalue weighted by Gasteiger charge is -2.23. The second kappa shape index (κ2) is 7.40. The molecule has 2 aromatic carbocycles. The molecule has 0 radical (unpaired) electrons. The molecule has 6 heteroatoms. The van der Waals surface area contributed by atoms with Gasteiger partial charge in [0.2, 0.25) is 0 Å². The highest BCUT2D eigenvalue weighted by Gasteiger charge is 2.18. The Morgan fingerprint density at radius 2 is 2.04 bits per heavy atom. The monoisotopic (exact) mass is 365 g/mol. The number of fused-ring (bicyclic) bond motifs is 1. The summed E-state index contributed by atoms with van der Waals surface area (Å²) < 4.78 is 13.2. The smallest absolute Gasteiger partial charge is 0.163 e. The van der Waals surface area contributed by atoms with Crippen LogP contribution in [0.15, 0.2) is 42.6 Å². The maximum absolute atomic E-state index is 11.7. The van der Waals surface area contributed by atoms with Gasteiger partial charge in [-0.15, -0.1) is 0 Å². The van der Waals surface area contributed by atoms with Crippen molar-refractivity contribution >= 4 is 28.1 Å². The zero-order valence-electron chi connectivity index (χ0n) is 15.6. The molecular formula is C21H23N3O3. The molecule has 4 rings (SSSR count). The standard InChI is InChI=1S/C21H23N3O3/c1-14(25)18-9-8-17(12-20(18)26-2)23-16-7-6-15-13-22-24(19(15)11-16)21-5-3-4-10-27-21/h6-9,11-13,21,23H,3-5,10H2,1-2H3. The second-order valence-electron chi connectivity index (χ2n) is 6.78. The molecule has 0 saturated carbocycles. The van der Waals surface area contributed by atoms with E-state index in [1.807, 2.05) is 35.1 Å². The molecule has 1 aliphatic rings. The van der Waals surface area contributed by atoms with Crippen molar-refractivity contribution in [3.63, 3.8) is 0 Å². The first-order valence-corrected chi connectivity index (χ1v) is 9.20. The van der Waals surface area contributed by atoms with E-state index in [0.717, 1.165) is 48.1 Å². The molecule has 0 aliphatic carbocycles. The second-order valence-corrected chi connectivity index (χ2v) is 6.78. The highest BCUT2D eigenvalue weighted by atomic mass is 16.5. The van der Waals surface area contributed by atoms with E-state index < -0.39 is 0 Å². The Kier molecular flexibility index (Phi) is 4.81. The van der Waals surface area contributed by atoms with Gasteiger partial charge in [-0.25, -0.2) is 4.68 Å². The van der Waals surface area contributed by atoms with Gasteiger partial charge in [-0.05, 0) is 56.5 Å². The number of hydrogen-bond donors (Lipinski definition) is 1. The zero-order chi connectivity index (χ0) is 18.8. The van der Waals surface area contributed by atoms with Gasteiger partial charge in [-0.3, -0.25) is 4.79 Å². The minimum atomic E-state index is -0.0174. The van der Waals surface area contributed by atoms with Crippen LogP contribution in [0.5, 0.6) is 5.75 Å². The summed E-state index contributed by atoms with van der Waals surface area (Å²) in [6.07, 6.45) is 5.13. The lowest BCUT2D eigenvalue weighted by Crippen LogP contribution is -2.18. The maximum atomic E-state index is 11.7. The van der Waals surface area contributed by atoms with Crippen molar-refractivity contribution in [3.8, 4) is 5.75 Å². The molecule has 0 spiro atoms. The first kappa shape index (κ1) is 17.5. The van der Waals surface area contributed by atoms with Gasteiger partial charge in [0.15, 0.2) is 12.0 Å². The van der Waals surface area contributed by atoms with Crippen molar-refractivity contribution in [1.82, 2.24) is 9.78 Å². The minimum absolute atomic E-state index is 0.00134. The van der Waals surface area contributed by atoms with E-state index in [2.05, 4.69) is 16.5 Å². The molecule has 1 aliphatic heterocycles. The third-order valence-electron chi connectivity index (χ3n) is 4.90. The number of carbonyl (C=O) groups excluding carboxylic acids is 1. The predicted octanol–water partition coefficient (Wildman–Crippen LogP) is 4.69. The lowest BCUT2D eigenvalue weighted by molar-refractivity contribution is -0.0366. The first-order valence-electron chi connectivity index (χ1n) is 9.20. The van der Waals surface area contributed by atoms with Crippen LogP contribution < -0.4 is 10.1 Å². The Morgan fingerprint density at radius 1 is 1.22 bits per heavy atom. The number of aromatic nitrogens is 2. The number of hydrogen-bond acceptors (Lipinski definition) is 5. The third-order valence-corrected chi connectivity index (χ3v) is 4.90. The fourth-order valence-electron chi connectivity index (χ4n) is 3.49. The van der Waals surface area contributed by atoms with Gasteiger partial charge in [0.05, 0.1) is 24.4 Å². The number of nitrogens with one attached hydrogen (secondary N) is 1. The quantitative estimate of drug-likeness (QED) is 0.665. The number of ether oxygens (including phenoxy) is 2. The van der Waals surface area contributed by atoms with Crippen LogP contribution in [0.25, 0.3) is 10.9 Å². The molecule has 1 atom stereocenters. The largest absolute Gasteiger partial charge is 0.496 e. The molecular weight excluding hydrogens is 342 g/mol. The molecule has 0 bridgehead atoms. The number of Topliss-reactive ketones (excluding diaryl/α,β-unsaturated/α-hetero) is 1. The normalized spacial score (nSPS) is 17.0. The number of ketones is 1. The fraction of sp³-hybridized carbons (Fsp3) is 0.333. The van der Waals surface area contributed by atoms with E-state index in [1.165, 1.54) is 6.92 Å². The summed E-state index contributed by atoms with van der Waals surface area (Å²) in [6, 6.07) is 11.6. The van der Waals surface area contributed by atoms with Crippen LogP contribution in [-0.2, 0) is 4.74 Å². The first-order chi connectivity index (χ1) is 13.2. The molecule has 6 nitrogen and oxygen atoms in total. The van der Waals surface area contributed by atoms with Crippen LogP contribution in [0.1, 0.15) is 42.8 Å². The van der Waals surface area contributed by atoms with E-state index in [0.29, 0.717) is 11.3 Å². The molecule has 140 valence electrons. The number of carbonyl (C=O) groups is 1. The lowest BCUT2D eigenvalue weighted by atomic mass is 10.1. The SMILES string of the molecule is COc1cc(Nc2ccc3cnn(C4CCCCO4)c3c2)ccc1C(C)=O. The molecule has 27 heavy (non-hydrogen) atoms. The molecule has 1 saturated heterocycles. The van der Waals surface area contributed by atoms with Crippen molar-refractivity contribution < 1.29 is 14.3 Å². The van der Waals surface area contributed by atoms with E-state index in [-0.39, 0.29) is 12.0 Å². The van der Waals surface area contributed by atoms with Gasteiger partial charge in [-0.1, -0.05) is 0 Å². The Morgan fingerprint density at radius 3 is 2.78 bits per heavy atom. The summed E-state index contributed by atoms with van der Waals surface area (Å²) in [4.78, 5) is 11.7. The summed E-state index contributed by atoms with van der Waals surface area (Å²) in [5.41, 5.74) is 3.42. The van der Waals surface area contributed by atoms with E-state index in [1.54, 1.807) is 13.2 Å². The van der Waals surface area contributed by atoms with Crippen molar-refractivity contribution in [2.24, 2.45) is 0 Å². The Labute approximate surface area is 158 Å². The molecule has 0 amide bonds. The van der Waals surface area contributed by atoms with E-state index in [9.17, 15) is 4.79 Å². The number of nitrogens with zero attached hydrogens (tertiary/aromatic N) is 2. The molecule has 1 N–H and O–H groups in total. The number of benzene rings is 2. The van der Waals surface area contributed by atoms with Gasteiger partial charge < -0.3 is 14.8 Å². The zero-order valence-corrected chi connectivity index (χ0v) is 15.6. The number of anilines is 2. The van der Waals surface area contributed by atoms with E-state index in [4.69, 9.17) is 9.47 Å². The molecule has 1 unspecified atom stereocenters. The van der Waals surface area contributed by atoms with Crippen LogP contribution in [-0.4, -0.2) is 29.3 Å². The summed E-state index contributed by atoms with van der Waals surface area (Å²) in [5, 5.41) is 9.00. The van der Waals surface area contributed by atoms with Crippen LogP contribution in [0.3, 0.4) is 0 Å².